The lowest BCUT2D eigenvalue weighted by Gasteiger charge is -2.19. The number of aryl methyl sites for hydroxylation is 1. The molecule has 1 amide bonds. The van der Waals surface area contributed by atoms with Crippen LogP contribution in [0.25, 0.3) is 10.9 Å². The van der Waals surface area contributed by atoms with Gasteiger partial charge in [-0.3, -0.25) is 0 Å². The molecule has 7 heteroatoms. The molecule has 0 saturated heterocycles. The highest BCUT2D eigenvalue weighted by Gasteiger charge is 2.15. The van der Waals surface area contributed by atoms with Crippen LogP contribution in [0.4, 0.5) is 4.79 Å². The van der Waals surface area contributed by atoms with Crippen LogP contribution in [0.1, 0.15) is 39.3 Å². The first kappa shape index (κ1) is 19.4. The fourth-order valence-corrected chi connectivity index (χ4v) is 2.69. The molecule has 2 aromatic rings. The largest absolute Gasteiger partial charge is 0.491 e. The maximum Gasteiger partial charge on any atom is 0.407 e. The zero-order chi connectivity index (χ0) is 18.4. The summed E-state index contributed by atoms with van der Waals surface area (Å²) in [6, 6.07) is 3.90. The van der Waals surface area contributed by atoms with Crippen molar-refractivity contribution in [2.24, 2.45) is 0 Å². The van der Waals surface area contributed by atoms with Gasteiger partial charge in [0.2, 0.25) is 0 Å². The Bertz CT molecular complexity index is 744. The van der Waals surface area contributed by atoms with Crippen LogP contribution in [-0.4, -0.2) is 34.8 Å². The molecule has 1 aromatic carbocycles. The van der Waals surface area contributed by atoms with Crippen LogP contribution >= 0.6 is 15.9 Å². The zero-order valence-corrected chi connectivity index (χ0v) is 16.6. The summed E-state index contributed by atoms with van der Waals surface area (Å²) >= 11 is 3.49. The second kappa shape index (κ2) is 8.47. The molecule has 0 spiro atoms. The predicted molar refractivity (Wildman–Crippen MR) is 101 cm³/mol. The van der Waals surface area contributed by atoms with Crippen molar-refractivity contribution in [2.45, 2.75) is 46.1 Å². The Labute approximate surface area is 156 Å². The van der Waals surface area contributed by atoms with Crippen LogP contribution in [0, 0.1) is 6.92 Å². The number of hydrogen-bond acceptors (Lipinski definition) is 5. The van der Waals surface area contributed by atoms with Gasteiger partial charge < -0.3 is 14.8 Å². The average Bonchev–Trinajstić information content (AvgIpc) is 2.50. The fraction of sp³-hybridized carbons (Fsp3) is 0.500. The number of nitrogens with zero attached hydrogens (tertiary/aromatic N) is 2. The summed E-state index contributed by atoms with van der Waals surface area (Å²) in [7, 11) is 0. The maximum atomic E-state index is 11.5. The molecule has 0 saturated carbocycles. The van der Waals surface area contributed by atoms with Crippen molar-refractivity contribution in [1.82, 2.24) is 15.3 Å². The van der Waals surface area contributed by atoms with E-state index in [4.69, 9.17) is 9.47 Å². The lowest BCUT2D eigenvalue weighted by molar-refractivity contribution is 0.0526. The predicted octanol–water partition coefficient (Wildman–Crippen LogP) is 4.38. The van der Waals surface area contributed by atoms with Crippen LogP contribution in [0.2, 0.25) is 0 Å². The lowest BCUT2D eigenvalue weighted by Crippen LogP contribution is -2.33. The first-order chi connectivity index (χ1) is 11.8. The van der Waals surface area contributed by atoms with Gasteiger partial charge in [-0.2, -0.15) is 0 Å². The molecular weight excluding hydrogens is 386 g/mol. The van der Waals surface area contributed by atoms with Gasteiger partial charge in [0.05, 0.1) is 6.61 Å². The van der Waals surface area contributed by atoms with Gasteiger partial charge in [0.25, 0.3) is 0 Å². The molecular formula is C18H24BrN3O3. The van der Waals surface area contributed by atoms with Gasteiger partial charge in [0.15, 0.2) is 0 Å². The smallest absolute Gasteiger partial charge is 0.407 e. The Kier molecular flexibility index (Phi) is 6.58. The number of alkyl carbamates (subject to hydrolysis) is 1. The Morgan fingerprint density at radius 2 is 2.00 bits per heavy atom. The van der Waals surface area contributed by atoms with Crippen molar-refractivity contribution < 1.29 is 14.3 Å². The minimum Gasteiger partial charge on any atom is -0.491 e. The van der Waals surface area contributed by atoms with Crippen LogP contribution in [0.15, 0.2) is 22.9 Å². The van der Waals surface area contributed by atoms with Gasteiger partial charge in [-0.1, -0.05) is 15.9 Å². The van der Waals surface area contributed by atoms with Gasteiger partial charge in [-0.05, 0) is 52.7 Å². The number of rotatable bonds is 6. The number of fused-ring (bicyclic) bond motifs is 1. The number of unbranched alkanes of at least 4 members (excludes halogenated alkanes) is 1. The average molecular weight is 410 g/mol. The first-order valence-electron chi connectivity index (χ1n) is 8.27. The molecule has 0 aliphatic carbocycles. The van der Waals surface area contributed by atoms with E-state index in [0.717, 1.165) is 39.7 Å². The number of carbonyl (C=O) groups excluding carboxylic acids is 1. The summed E-state index contributed by atoms with van der Waals surface area (Å²) in [6.07, 6.45) is 2.77. The zero-order valence-electron chi connectivity index (χ0n) is 15.1. The Morgan fingerprint density at radius 3 is 2.72 bits per heavy atom. The van der Waals surface area contributed by atoms with Crippen LogP contribution < -0.4 is 10.1 Å². The number of aromatic nitrogens is 2. The van der Waals surface area contributed by atoms with Gasteiger partial charge in [0.1, 0.15) is 23.2 Å². The third-order valence-corrected chi connectivity index (χ3v) is 3.82. The number of benzene rings is 1. The van der Waals surface area contributed by atoms with Crippen molar-refractivity contribution in [2.75, 3.05) is 13.2 Å². The number of amides is 1. The van der Waals surface area contributed by atoms with Crippen molar-refractivity contribution in [3.05, 3.63) is 28.6 Å². The summed E-state index contributed by atoms with van der Waals surface area (Å²) in [5.74, 6) is 0.731. The Hall–Kier alpha value is -1.89. The van der Waals surface area contributed by atoms with Gasteiger partial charge in [-0.25, -0.2) is 14.8 Å². The quantitative estimate of drug-likeness (QED) is 0.716. The molecule has 0 fully saturated rings. The number of nitrogens with one attached hydrogen (secondary N) is 1. The minimum atomic E-state index is -0.477. The fourth-order valence-electron chi connectivity index (χ4n) is 2.25. The van der Waals surface area contributed by atoms with Gasteiger partial charge in [-0.15, -0.1) is 0 Å². The highest BCUT2D eigenvalue weighted by atomic mass is 79.9. The maximum absolute atomic E-state index is 11.5. The molecule has 6 nitrogen and oxygen atoms in total. The molecule has 0 aliphatic heterocycles. The van der Waals surface area contributed by atoms with E-state index in [1.807, 2.05) is 39.8 Å². The highest BCUT2D eigenvalue weighted by molar-refractivity contribution is 9.10. The molecule has 2 rings (SSSR count). The SMILES string of the molecule is Cc1ncnc2c(OCCCCNC(=O)OC(C)(C)C)cc(Br)cc12. The molecule has 136 valence electrons. The van der Waals surface area contributed by atoms with Crippen molar-refractivity contribution in [3.8, 4) is 5.75 Å². The highest BCUT2D eigenvalue weighted by Crippen LogP contribution is 2.29. The van der Waals surface area contributed by atoms with E-state index in [2.05, 4.69) is 31.2 Å². The van der Waals surface area contributed by atoms with E-state index >= 15 is 0 Å². The Morgan fingerprint density at radius 1 is 1.24 bits per heavy atom. The second-order valence-corrected chi connectivity index (χ2v) is 7.66. The topological polar surface area (TPSA) is 73.3 Å². The molecule has 0 radical (unpaired) electrons. The number of carbonyl (C=O) groups is 1. The van der Waals surface area contributed by atoms with E-state index in [0.29, 0.717) is 13.2 Å². The third-order valence-electron chi connectivity index (χ3n) is 3.36. The Balaban J connectivity index is 1.80. The van der Waals surface area contributed by atoms with E-state index in [9.17, 15) is 4.79 Å². The van der Waals surface area contributed by atoms with Gasteiger partial charge >= 0.3 is 6.09 Å². The number of hydrogen-bond donors (Lipinski definition) is 1. The van der Waals surface area contributed by atoms with Crippen molar-refractivity contribution in [3.63, 3.8) is 0 Å². The lowest BCUT2D eigenvalue weighted by atomic mass is 10.2. The molecule has 25 heavy (non-hydrogen) atoms. The van der Waals surface area contributed by atoms with E-state index in [-0.39, 0.29) is 0 Å². The van der Waals surface area contributed by atoms with Crippen molar-refractivity contribution >= 4 is 32.9 Å². The van der Waals surface area contributed by atoms with Crippen LogP contribution in [0.3, 0.4) is 0 Å². The molecule has 0 atom stereocenters. The standard InChI is InChI=1S/C18H24BrN3O3/c1-12-14-9-13(19)10-15(16(14)22-11-21-12)24-8-6-5-7-20-17(23)25-18(2,3)4/h9-11H,5-8H2,1-4H3,(H,20,23). The van der Waals surface area contributed by atoms with Crippen LogP contribution in [-0.2, 0) is 4.74 Å². The molecule has 1 N–H and O–H groups in total. The number of halogens is 1. The molecule has 0 unspecified atom stereocenters. The van der Waals surface area contributed by atoms with E-state index in [1.165, 1.54) is 0 Å². The summed E-state index contributed by atoms with van der Waals surface area (Å²) in [4.78, 5) is 20.1. The normalized spacial score (nSPS) is 11.4. The molecule has 0 aliphatic rings. The summed E-state index contributed by atoms with van der Waals surface area (Å²) < 4.78 is 12.0. The van der Waals surface area contributed by atoms with Gasteiger partial charge in [0, 0.05) is 22.1 Å². The first-order valence-corrected chi connectivity index (χ1v) is 9.06. The van der Waals surface area contributed by atoms with Crippen LogP contribution in [0.5, 0.6) is 5.75 Å². The second-order valence-electron chi connectivity index (χ2n) is 6.74. The number of ether oxygens (including phenoxy) is 2. The monoisotopic (exact) mass is 409 g/mol. The van der Waals surface area contributed by atoms with E-state index < -0.39 is 11.7 Å². The summed E-state index contributed by atoms with van der Waals surface area (Å²) in [5.41, 5.74) is 1.25. The third kappa shape index (κ3) is 6.16. The summed E-state index contributed by atoms with van der Waals surface area (Å²) in [6.45, 7) is 8.57. The summed E-state index contributed by atoms with van der Waals surface area (Å²) in [5, 5.41) is 3.71. The van der Waals surface area contributed by atoms with E-state index in [1.54, 1.807) is 6.33 Å². The molecule has 1 aromatic heterocycles. The molecule has 0 bridgehead atoms. The molecule has 1 heterocycles. The van der Waals surface area contributed by atoms with Crippen molar-refractivity contribution in [1.29, 1.82) is 0 Å². The minimum absolute atomic E-state index is 0.390.